The zero-order valence-corrected chi connectivity index (χ0v) is 14.0. The van der Waals surface area contributed by atoms with E-state index in [-0.39, 0.29) is 11.8 Å². The Bertz CT molecular complexity index is 575. The average Bonchev–Trinajstić information content (AvgIpc) is 3.23. The van der Waals surface area contributed by atoms with Crippen molar-refractivity contribution in [3.8, 4) is 0 Å². The Balaban J connectivity index is 1.56. The molecule has 5 nitrogen and oxygen atoms in total. The van der Waals surface area contributed by atoms with Gasteiger partial charge in [0.05, 0.1) is 0 Å². The summed E-state index contributed by atoms with van der Waals surface area (Å²) in [7, 11) is 0. The first-order chi connectivity index (χ1) is 11.2. The van der Waals surface area contributed by atoms with Crippen LogP contribution in [0.25, 0.3) is 0 Å². The van der Waals surface area contributed by atoms with Gasteiger partial charge in [0.15, 0.2) is 5.82 Å². The number of fused-ring (bicyclic) bond motifs is 2. The van der Waals surface area contributed by atoms with Crippen molar-refractivity contribution in [1.29, 1.82) is 0 Å². The van der Waals surface area contributed by atoms with E-state index in [1.54, 1.807) is 0 Å². The molecular formula is C18H27N3O2. The molecule has 0 aliphatic heterocycles. The van der Waals surface area contributed by atoms with Gasteiger partial charge in [0.1, 0.15) is 5.54 Å². The first kappa shape index (κ1) is 15.2. The molecule has 3 atom stereocenters. The first-order valence-corrected chi connectivity index (χ1v) is 9.29. The minimum absolute atomic E-state index is 0.210. The van der Waals surface area contributed by atoms with E-state index in [1.165, 1.54) is 32.1 Å². The minimum Gasteiger partial charge on any atom is -0.343 e. The monoisotopic (exact) mass is 317 g/mol. The number of aromatic nitrogens is 2. The summed E-state index contributed by atoms with van der Waals surface area (Å²) < 4.78 is 5.23. The summed E-state index contributed by atoms with van der Waals surface area (Å²) >= 11 is 0. The molecule has 2 bridgehead atoms. The maximum Gasteiger partial charge on any atom is 0.224 e. The summed E-state index contributed by atoms with van der Waals surface area (Å²) in [5.41, 5.74) is -0.410. The van der Waals surface area contributed by atoms with E-state index < -0.39 is 5.54 Å². The van der Waals surface area contributed by atoms with Crippen molar-refractivity contribution in [2.75, 3.05) is 0 Å². The second-order valence-electron chi connectivity index (χ2n) is 7.90. The quantitative estimate of drug-likeness (QED) is 0.867. The lowest BCUT2D eigenvalue weighted by molar-refractivity contribution is -0.129. The molecule has 3 saturated carbocycles. The molecule has 5 heteroatoms. The van der Waals surface area contributed by atoms with Crippen LogP contribution in [0.15, 0.2) is 4.52 Å². The Kier molecular flexibility index (Phi) is 3.90. The van der Waals surface area contributed by atoms with Gasteiger partial charge in [-0.2, -0.15) is 4.98 Å². The molecule has 1 aromatic rings. The fraction of sp³-hybridized carbons (Fsp3) is 0.833. The largest absolute Gasteiger partial charge is 0.343 e. The Morgan fingerprint density at radius 3 is 2.52 bits per heavy atom. The second kappa shape index (κ2) is 5.91. The molecule has 1 heterocycles. The smallest absolute Gasteiger partial charge is 0.224 e. The number of hydrogen-bond donors (Lipinski definition) is 1. The molecule has 0 spiro atoms. The summed E-state index contributed by atoms with van der Waals surface area (Å²) in [4.78, 5) is 17.5. The van der Waals surface area contributed by atoms with Crippen LogP contribution in [-0.4, -0.2) is 16.0 Å². The predicted molar refractivity (Wildman–Crippen MR) is 85.5 cm³/mol. The summed E-state index contributed by atoms with van der Waals surface area (Å²) in [5.74, 6) is 3.11. The van der Waals surface area contributed by atoms with Crippen LogP contribution in [-0.2, 0) is 10.3 Å². The van der Waals surface area contributed by atoms with Gasteiger partial charge in [-0.25, -0.2) is 0 Å². The van der Waals surface area contributed by atoms with Gasteiger partial charge in [-0.15, -0.1) is 0 Å². The zero-order chi connectivity index (χ0) is 15.9. The average molecular weight is 317 g/mol. The summed E-state index contributed by atoms with van der Waals surface area (Å²) in [6.07, 6.45) is 11.4. The maximum absolute atomic E-state index is 13.0. The standard InChI is InChI=1S/C18H27N3O2/c1-12-19-17(21-23-12)18(8-4-2-3-5-9-18)20-16(22)15-11-13-6-7-14(15)10-13/h13-15H,2-11H2,1H3,(H,20,22)/t13-,14-,15-/m0/s1. The molecule has 1 aromatic heterocycles. The van der Waals surface area contributed by atoms with Crippen LogP contribution in [0.4, 0.5) is 0 Å². The lowest BCUT2D eigenvalue weighted by Crippen LogP contribution is -2.49. The predicted octanol–water partition coefficient (Wildman–Crippen LogP) is 3.48. The molecule has 4 rings (SSSR count). The number of amides is 1. The number of carbonyl (C=O) groups is 1. The number of aryl methyl sites for hydroxylation is 1. The third-order valence-electron chi connectivity index (χ3n) is 6.35. The van der Waals surface area contributed by atoms with E-state index in [0.717, 1.165) is 38.0 Å². The fourth-order valence-corrected chi connectivity index (χ4v) is 5.12. The van der Waals surface area contributed by atoms with Crippen LogP contribution >= 0.6 is 0 Å². The third kappa shape index (κ3) is 2.79. The summed E-state index contributed by atoms with van der Waals surface area (Å²) in [5, 5.41) is 7.58. The number of carbonyl (C=O) groups excluding carboxylic acids is 1. The van der Waals surface area contributed by atoms with Gasteiger partial charge in [-0.05, 0) is 43.9 Å². The van der Waals surface area contributed by atoms with Gasteiger partial charge in [0, 0.05) is 12.8 Å². The van der Waals surface area contributed by atoms with Gasteiger partial charge in [0.25, 0.3) is 0 Å². The van der Waals surface area contributed by atoms with Gasteiger partial charge in [-0.1, -0.05) is 37.3 Å². The van der Waals surface area contributed by atoms with Gasteiger partial charge in [0.2, 0.25) is 11.8 Å². The highest BCUT2D eigenvalue weighted by molar-refractivity contribution is 5.80. The summed E-state index contributed by atoms with van der Waals surface area (Å²) in [6, 6.07) is 0. The highest BCUT2D eigenvalue weighted by Gasteiger charge is 2.46. The number of nitrogens with zero attached hydrogens (tertiary/aromatic N) is 2. The molecule has 126 valence electrons. The van der Waals surface area contributed by atoms with E-state index in [4.69, 9.17) is 4.52 Å². The van der Waals surface area contributed by atoms with E-state index in [9.17, 15) is 4.79 Å². The van der Waals surface area contributed by atoms with E-state index >= 15 is 0 Å². The number of rotatable bonds is 3. The maximum atomic E-state index is 13.0. The number of nitrogens with one attached hydrogen (secondary N) is 1. The van der Waals surface area contributed by atoms with Crippen molar-refractivity contribution in [1.82, 2.24) is 15.5 Å². The van der Waals surface area contributed by atoms with Crippen LogP contribution in [0.2, 0.25) is 0 Å². The molecule has 3 aliphatic rings. The van der Waals surface area contributed by atoms with Crippen molar-refractivity contribution >= 4 is 5.91 Å². The van der Waals surface area contributed by atoms with Crippen molar-refractivity contribution in [2.45, 2.75) is 76.7 Å². The lowest BCUT2D eigenvalue weighted by Gasteiger charge is -2.33. The van der Waals surface area contributed by atoms with Crippen LogP contribution in [0, 0.1) is 24.7 Å². The van der Waals surface area contributed by atoms with Crippen molar-refractivity contribution < 1.29 is 9.32 Å². The fourth-order valence-electron chi connectivity index (χ4n) is 5.12. The molecular weight excluding hydrogens is 290 g/mol. The lowest BCUT2D eigenvalue weighted by atomic mass is 9.84. The van der Waals surface area contributed by atoms with Crippen LogP contribution < -0.4 is 5.32 Å². The highest BCUT2D eigenvalue weighted by Crippen LogP contribution is 2.49. The summed E-state index contributed by atoms with van der Waals surface area (Å²) in [6.45, 7) is 1.82. The van der Waals surface area contributed by atoms with Crippen molar-refractivity contribution in [3.05, 3.63) is 11.7 Å². The van der Waals surface area contributed by atoms with Crippen LogP contribution in [0.5, 0.6) is 0 Å². The van der Waals surface area contributed by atoms with Crippen LogP contribution in [0.3, 0.4) is 0 Å². The molecule has 1 amide bonds. The molecule has 0 saturated heterocycles. The Hall–Kier alpha value is -1.39. The Morgan fingerprint density at radius 2 is 1.96 bits per heavy atom. The molecule has 23 heavy (non-hydrogen) atoms. The van der Waals surface area contributed by atoms with E-state index in [2.05, 4.69) is 15.5 Å². The Labute approximate surface area is 137 Å². The Morgan fingerprint density at radius 1 is 1.17 bits per heavy atom. The third-order valence-corrected chi connectivity index (χ3v) is 6.35. The van der Waals surface area contributed by atoms with Gasteiger partial charge in [-0.3, -0.25) is 4.79 Å². The van der Waals surface area contributed by atoms with Crippen LogP contribution in [0.1, 0.15) is 75.9 Å². The topological polar surface area (TPSA) is 68.0 Å². The second-order valence-corrected chi connectivity index (χ2v) is 7.90. The molecule has 3 fully saturated rings. The highest BCUT2D eigenvalue weighted by atomic mass is 16.5. The minimum atomic E-state index is -0.410. The zero-order valence-electron chi connectivity index (χ0n) is 14.0. The van der Waals surface area contributed by atoms with E-state index in [1.807, 2.05) is 6.92 Å². The molecule has 0 radical (unpaired) electrons. The van der Waals surface area contributed by atoms with Crippen molar-refractivity contribution in [3.63, 3.8) is 0 Å². The molecule has 0 aromatic carbocycles. The first-order valence-electron chi connectivity index (χ1n) is 9.29. The number of hydrogen-bond acceptors (Lipinski definition) is 4. The van der Waals surface area contributed by atoms with Gasteiger partial charge < -0.3 is 9.84 Å². The SMILES string of the molecule is Cc1nc(C2(NC(=O)[C@H]3C[C@H]4CC[C@H]3C4)CCCCCC2)no1. The molecule has 0 unspecified atom stereocenters. The van der Waals surface area contributed by atoms with Gasteiger partial charge >= 0.3 is 0 Å². The normalized spacial score (nSPS) is 32.7. The molecule has 1 N–H and O–H groups in total. The van der Waals surface area contributed by atoms with Crippen molar-refractivity contribution in [2.24, 2.45) is 17.8 Å². The van der Waals surface area contributed by atoms with E-state index in [0.29, 0.717) is 17.6 Å². The molecule has 3 aliphatic carbocycles.